The van der Waals surface area contributed by atoms with E-state index in [-0.39, 0.29) is 0 Å². The molecule has 1 aromatic heterocycles. The minimum Gasteiger partial charge on any atom is -0.381 e. The Hall–Kier alpha value is -0.450. The molecule has 0 atom stereocenters. The maximum atomic E-state index is 5.43. The van der Waals surface area contributed by atoms with E-state index in [4.69, 9.17) is 10.5 Å². The molecule has 0 saturated heterocycles. The van der Waals surface area contributed by atoms with Crippen molar-refractivity contribution < 1.29 is 4.74 Å². The topological polar surface area (TPSA) is 48.1 Å². The summed E-state index contributed by atoms with van der Waals surface area (Å²) in [5.41, 5.74) is 6.41. The van der Waals surface area contributed by atoms with Gasteiger partial charge in [0.1, 0.15) is 0 Å². The maximum absolute atomic E-state index is 5.43. The highest BCUT2D eigenvalue weighted by atomic mass is 32.1. The predicted molar refractivity (Wildman–Crippen MR) is 50.2 cm³/mol. The van der Waals surface area contributed by atoms with Gasteiger partial charge in [0.2, 0.25) is 0 Å². The summed E-state index contributed by atoms with van der Waals surface area (Å²) in [6.45, 7) is 4.06. The lowest BCUT2D eigenvalue weighted by Gasteiger charge is -1.96. The Morgan fingerprint density at radius 1 is 1.67 bits per heavy atom. The van der Waals surface area contributed by atoms with Gasteiger partial charge in [0.25, 0.3) is 0 Å². The molecule has 4 heteroatoms. The van der Waals surface area contributed by atoms with Crippen LogP contribution in [0, 0.1) is 0 Å². The van der Waals surface area contributed by atoms with Crippen molar-refractivity contribution in [3.8, 4) is 0 Å². The van der Waals surface area contributed by atoms with Crippen molar-refractivity contribution in [1.82, 2.24) is 4.98 Å². The maximum Gasteiger partial charge on any atom is 0.0951 e. The normalized spacial score (nSPS) is 10.5. The number of nitrogens with two attached hydrogens (primary N) is 1. The fourth-order valence-corrected chi connectivity index (χ4v) is 1.65. The van der Waals surface area contributed by atoms with Gasteiger partial charge in [-0.1, -0.05) is 0 Å². The number of nitrogens with zero attached hydrogens (tertiary/aromatic N) is 1. The zero-order chi connectivity index (χ0) is 8.81. The van der Waals surface area contributed by atoms with Gasteiger partial charge in [0.15, 0.2) is 0 Å². The third kappa shape index (κ3) is 2.89. The largest absolute Gasteiger partial charge is 0.381 e. The van der Waals surface area contributed by atoms with Crippen LogP contribution in [0.25, 0.3) is 0 Å². The molecule has 0 aliphatic carbocycles. The molecule has 1 rings (SSSR count). The lowest BCUT2D eigenvalue weighted by Crippen LogP contribution is -1.99. The molecule has 0 amide bonds. The van der Waals surface area contributed by atoms with E-state index in [9.17, 15) is 0 Å². The van der Waals surface area contributed by atoms with Gasteiger partial charge in [-0.15, -0.1) is 11.3 Å². The Labute approximate surface area is 76.6 Å². The molecule has 0 aromatic carbocycles. The molecule has 12 heavy (non-hydrogen) atoms. The summed E-state index contributed by atoms with van der Waals surface area (Å²) in [6, 6.07) is 0. The summed E-state index contributed by atoms with van der Waals surface area (Å²) in [5, 5.41) is 3.12. The Bertz CT molecular complexity index is 225. The van der Waals surface area contributed by atoms with E-state index < -0.39 is 0 Å². The van der Waals surface area contributed by atoms with E-state index in [2.05, 4.69) is 4.98 Å². The van der Waals surface area contributed by atoms with E-state index in [0.717, 1.165) is 30.3 Å². The van der Waals surface area contributed by atoms with Gasteiger partial charge >= 0.3 is 0 Å². The molecule has 2 N–H and O–H groups in total. The van der Waals surface area contributed by atoms with Crippen LogP contribution < -0.4 is 5.73 Å². The van der Waals surface area contributed by atoms with Crippen molar-refractivity contribution in [2.75, 3.05) is 13.2 Å². The zero-order valence-corrected chi connectivity index (χ0v) is 8.06. The van der Waals surface area contributed by atoms with Crippen molar-refractivity contribution in [1.29, 1.82) is 0 Å². The van der Waals surface area contributed by atoms with Crippen LogP contribution in [-0.4, -0.2) is 18.2 Å². The molecule has 0 spiro atoms. The summed E-state index contributed by atoms with van der Waals surface area (Å²) in [7, 11) is 0. The van der Waals surface area contributed by atoms with Crippen LogP contribution in [0.4, 0.5) is 0 Å². The molecule has 0 unspecified atom stereocenters. The summed E-state index contributed by atoms with van der Waals surface area (Å²) >= 11 is 1.65. The molecule has 0 aliphatic rings. The average molecular weight is 186 g/mol. The highest BCUT2D eigenvalue weighted by Gasteiger charge is 1.99. The number of thiazole rings is 1. The summed E-state index contributed by atoms with van der Waals surface area (Å²) in [5.74, 6) is 0. The van der Waals surface area contributed by atoms with Crippen molar-refractivity contribution in [3.63, 3.8) is 0 Å². The third-order valence-electron chi connectivity index (χ3n) is 1.47. The van der Waals surface area contributed by atoms with Crippen LogP contribution in [0.5, 0.6) is 0 Å². The molecule has 68 valence electrons. The Kier molecular flexibility index (Phi) is 4.21. The van der Waals surface area contributed by atoms with Crippen LogP contribution in [0.3, 0.4) is 0 Å². The number of ether oxygens (including phenoxy) is 1. The molecule has 1 heterocycles. The smallest absolute Gasteiger partial charge is 0.0951 e. The summed E-state index contributed by atoms with van der Waals surface area (Å²) in [4.78, 5) is 4.31. The van der Waals surface area contributed by atoms with Gasteiger partial charge in [0, 0.05) is 25.0 Å². The average Bonchev–Trinajstić information content (AvgIpc) is 2.53. The first-order valence-corrected chi connectivity index (χ1v) is 4.96. The predicted octanol–water partition coefficient (Wildman–Crippen LogP) is 1.18. The Balaban J connectivity index is 2.31. The Morgan fingerprint density at radius 3 is 3.08 bits per heavy atom. The van der Waals surface area contributed by atoms with Crippen molar-refractivity contribution in [3.05, 3.63) is 16.1 Å². The van der Waals surface area contributed by atoms with Gasteiger partial charge in [0.05, 0.1) is 17.3 Å². The first kappa shape index (κ1) is 9.64. The van der Waals surface area contributed by atoms with E-state index in [1.54, 1.807) is 11.3 Å². The number of aromatic nitrogens is 1. The Morgan fingerprint density at radius 2 is 2.50 bits per heavy atom. The van der Waals surface area contributed by atoms with Gasteiger partial charge < -0.3 is 10.5 Å². The number of hydrogen-bond acceptors (Lipinski definition) is 4. The summed E-state index contributed by atoms with van der Waals surface area (Å²) in [6.07, 6.45) is 0.901. The monoisotopic (exact) mass is 186 g/mol. The molecule has 1 aromatic rings. The molecule has 0 radical (unpaired) electrons. The van der Waals surface area contributed by atoms with E-state index >= 15 is 0 Å². The molecular weight excluding hydrogens is 172 g/mol. The zero-order valence-electron chi connectivity index (χ0n) is 7.25. The molecule has 0 saturated carbocycles. The van der Waals surface area contributed by atoms with Gasteiger partial charge in [-0.25, -0.2) is 4.98 Å². The van der Waals surface area contributed by atoms with E-state index in [0.29, 0.717) is 6.54 Å². The SMILES string of the molecule is CCOCCc1nc(CN)cs1. The third-order valence-corrected chi connectivity index (χ3v) is 2.43. The van der Waals surface area contributed by atoms with Crippen LogP contribution >= 0.6 is 11.3 Å². The quantitative estimate of drug-likeness (QED) is 0.702. The van der Waals surface area contributed by atoms with Crippen LogP contribution in [0.1, 0.15) is 17.6 Å². The minimum atomic E-state index is 0.533. The van der Waals surface area contributed by atoms with Gasteiger partial charge in [-0.3, -0.25) is 0 Å². The van der Waals surface area contributed by atoms with Gasteiger partial charge in [-0.05, 0) is 6.92 Å². The van der Waals surface area contributed by atoms with Crippen molar-refractivity contribution in [2.45, 2.75) is 19.9 Å². The highest BCUT2D eigenvalue weighted by Crippen LogP contribution is 2.09. The second kappa shape index (κ2) is 5.24. The molecular formula is C8H14N2OS. The second-order valence-corrected chi connectivity index (χ2v) is 3.33. The minimum absolute atomic E-state index is 0.533. The van der Waals surface area contributed by atoms with Crippen LogP contribution in [-0.2, 0) is 17.7 Å². The molecule has 3 nitrogen and oxygen atoms in total. The van der Waals surface area contributed by atoms with Crippen molar-refractivity contribution in [2.24, 2.45) is 5.73 Å². The fraction of sp³-hybridized carbons (Fsp3) is 0.625. The number of hydrogen-bond donors (Lipinski definition) is 1. The second-order valence-electron chi connectivity index (χ2n) is 2.38. The fourth-order valence-electron chi connectivity index (χ4n) is 0.861. The van der Waals surface area contributed by atoms with Crippen LogP contribution in [0.15, 0.2) is 5.38 Å². The number of rotatable bonds is 5. The molecule has 0 aliphatic heterocycles. The summed E-state index contributed by atoms with van der Waals surface area (Å²) < 4.78 is 5.22. The van der Waals surface area contributed by atoms with Crippen LogP contribution in [0.2, 0.25) is 0 Å². The van der Waals surface area contributed by atoms with E-state index in [1.807, 2.05) is 12.3 Å². The lowest BCUT2D eigenvalue weighted by molar-refractivity contribution is 0.151. The standard InChI is InChI=1S/C8H14N2OS/c1-2-11-4-3-8-10-7(5-9)6-12-8/h6H,2-5,9H2,1H3. The first-order chi connectivity index (χ1) is 5.86. The highest BCUT2D eigenvalue weighted by molar-refractivity contribution is 7.09. The molecule has 0 fully saturated rings. The lowest BCUT2D eigenvalue weighted by atomic mass is 10.4. The molecule has 0 bridgehead atoms. The van der Waals surface area contributed by atoms with E-state index in [1.165, 1.54) is 0 Å². The van der Waals surface area contributed by atoms with Gasteiger partial charge in [-0.2, -0.15) is 0 Å². The van der Waals surface area contributed by atoms with Crippen molar-refractivity contribution >= 4 is 11.3 Å². The first-order valence-electron chi connectivity index (χ1n) is 4.08.